The smallest absolute Gasteiger partial charge is 0.117 e. The van der Waals surface area contributed by atoms with E-state index in [1.54, 1.807) is 12.1 Å². The molecule has 0 aliphatic rings. The van der Waals surface area contributed by atoms with E-state index in [9.17, 15) is 9.50 Å². The number of aromatic hydroxyl groups is 1. The Morgan fingerprint density at radius 2 is 1.64 bits per heavy atom. The first-order valence-corrected chi connectivity index (χ1v) is 8.48. The third-order valence-corrected chi connectivity index (χ3v) is 3.97. The number of ether oxygens (including phenoxy) is 2. The van der Waals surface area contributed by atoms with Crippen LogP contribution in [0.3, 0.4) is 0 Å². The Labute approximate surface area is 145 Å². The van der Waals surface area contributed by atoms with Crippen LogP contribution in [0.4, 0.5) is 10.1 Å². The molecule has 134 valence electrons. The molecule has 1 heterocycles. The maximum atomic E-state index is 11.8. The second kappa shape index (κ2) is 8.69. The molecule has 3 N–H and O–H groups in total. The number of H-pyrrole nitrogens is 1. The van der Waals surface area contributed by atoms with Crippen molar-refractivity contribution in [2.75, 3.05) is 45.0 Å². The lowest BCUT2D eigenvalue weighted by Gasteiger charge is -2.07. The molecule has 25 heavy (non-hydrogen) atoms. The van der Waals surface area contributed by atoms with Crippen molar-refractivity contribution in [1.29, 1.82) is 0 Å². The summed E-state index contributed by atoms with van der Waals surface area (Å²) in [5, 5.41) is 15.2. The van der Waals surface area contributed by atoms with Crippen molar-refractivity contribution in [3.05, 3.63) is 36.4 Å². The largest absolute Gasteiger partial charge is 0.508 e. The zero-order valence-electron chi connectivity index (χ0n) is 14.1. The quantitative estimate of drug-likeness (QED) is 0.488. The van der Waals surface area contributed by atoms with Gasteiger partial charge in [0.05, 0.1) is 25.3 Å². The van der Waals surface area contributed by atoms with E-state index in [0.29, 0.717) is 19.8 Å². The Morgan fingerprint density at radius 3 is 2.44 bits per heavy atom. The van der Waals surface area contributed by atoms with E-state index < -0.39 is 6.67 Å². The van der Waals surface area contributed by atoms with Gasteiger partial charge in [-0.3, -0.25) is 0 Å². The third kappa shape index (κ3) is 4.61. The number of anilines is 1. The minimum absolute atomic E-state index is 0.140. The van der Waals surface area contributed by atoms with Crippen LogP contribution >= 0.6 is 0 Å². The van der Waals surface area contributed by atoms with Gasteiger partial charge in [-0.1, -0.05) is 6.07 Å². The summed E-state index contributed by atoms with van der Waals surface area (Å²) < 4.78 is 22.2. The van der Waals surface area contributed by atoms with Gasteiger partial charge in [-0.15, -0.1) is 0 Å². The maximum Gasteiger partial charge on any atom is 0.117 e. The summed E-state index contributed by atoms with van der Waals surface area (Å²) in [6.45, 7) is 2.06. The van der Waals surface area contributed by atoms with Gasteiger partial charge >= 0.3 is 0 Å². The minimum Gasteiger partial charge on any atom is -0.508 e. The molecule has 0 aliphatic heterocycles. The number of fused-ring (bicyclic) bond motifs is 3. The number of rotatable bonds is 10. The van der Waals surface area contributed by atoms with Crippen molar-refractivity contribution in [2.45, 2.75) is 6.42 Å². The van der Waals surface area contributed by atoms with Crippen LogP contribution in [-0.4, -0.2) is 49.7 Å². The summed E-state index contributed by atoms with van der Waals surface area (Å²) in [5.41, 5.74) is 3.00. The third-order valence-electron chi connectivity index (χ3n) is 3.97. The first kappa shape index (κ1) is 17.5. The molecule has 5 nitrogen and oxygen atoms in total. The Balaban J connectivity index is 1.47. The maximum absolute atomic E-state index is 11.8. The van der Waals surface area contributed by atoms with Crippen molar-refractivity contribution in [3.8, 4) is 5.75 Å². The molecule has 0 saturated heterocycles. The van der Waals surface area contributed by atoms with E-state index in [-0.39, 0.29) is 12.4 Å². The number of alkyl halides is 1. The molecule has 0 radical (unpaired) electrons. The number of hydrogen-bond donors (Lipinski definition) is 3. The summed E-state index contributed by atoms with van der Waals surface area (Å²) >= 11 is 0. The topological polar surface area (TPSA) is 66.5 Å². The fourth-order valence-corrected chi connectivity index (χ4v) is 2.79. The first-order chi connectivity index (χ1) is 12.3. The molecule has 3 aromatic rings. The number of halogens is 1. The molecule has 0 fully saturated rings. The fraction of sp³-hybridized carbons (Fsp3) is 0.368. The highest BCUT2D eigenvalue weighted by molar-refractivity contribution is 6.08. The molecule has 0 spiro atoms. The summed E-state index contributed by atoms with van der Waals surface area (Å²) in [5.74, 6) is 0.257. The van der Waals surface area contributed by atoms with E-state index in [1.165, 1.54) is 0 Å². The van der Waals surface area contributed by atoms with Gasteiger partial charge in [0.2, 0.25) is 0 Å². The zero-order valence-corrected chi connectivity index (χ0v) is 14.1. The summed E-state index contributed by atoms with van der Waals surface area (Å²) in [6, 6.07) is 11.5. The molecule has 0 atom stereocenters. The first-order valence-electron chi connectivity index (χ1n) is 8.48. The van der Waals surface area contributed by atoms with Gasteiger partial charge in [0, 0.05) is 41.2 Å². The van der Waals surface area contributed by atoms with E-state index in [0.717, 1.165) is 40.5 Å². The number of hydrogen-bond acceptors (Lipinski definition) is 4. The van der Waals surface area contributed by atoms with Gasteiger partial charge < -0.3 is 24.9 Å². The summed E-state index contributed by atoms with van der Waals surface area (Å²) in [6.07, 6.45) is 0.877. The van der Waals surface area contributed by atoms with Crippen molar-refractivity contribution < 1.29 is 19.0 Å². The standard InChI is InChI=1S/C19H23FN2O3/c20-6-9-25-11-10-24-8-1-7-21-14-2-4-16-17-5-3-15(23)13-19(17)22-18(16)12-14/h2-5,12-13,21-23H,1,6-11H2. The second-order valence-electron chi connectivity index (χ2n) is 5.81. The van der Waals surface area contributed by atoms with Crippen LogP contribution in [0.15, 0.2) is 36.4 Å². The van der Waals surface area contributed by atoms with Gasteiger partial charge in [-0.2, -0.15) is 0 Å². The number of aromatic nitrogens is 1. The van der Waals surface area contributed by atoms with E-state index in [4.69, 9.17) is 9.47 Å². The lowest BCUT2D eigenvalue weighted by Crippen LogP contribution is -2.09. The van der Waals surface area contributed by atoms with E-state index in [1.807, 2.05) is 12.1 Å². The lowest BCUT2D eigenvalue weighted by atomic mass is 10.1. The molecular formula is C19H23FN2O3. The number of phenols is 1. The zero-order chi connectivity index (χ0) is 17.5. The Morgan fingerprint density at radius 1 is 0.920 bits per heavy atom. The Bertz CT molecular complexity index is 819. The number of phenolic OH excluding ortho intramolecular Hbond substituents is 1. The Kier molecular flexibility index (Phi) is 6.09. The minimum atomic E-state index is -0.453. The fourth-order valence-electron chi connectivity index (χ4n) is 2.79. The van der Waals surface area contributed by atoms with Crippen molar-refractivity contribution in [2.24, 2.45) is 0 Å². The van der Waals surface area contributed by atoms with Gasteiger partial charge in [0.25, 0.3) is 0 Å². The van der Waals surface area contributed by atoms with Crippen LogP contribution < -0.4 is 5.32 Å². The molecular weight excluding hydrogens is 323 g/mol. The highest BCUT2D eigenvalue weighted by Gasteiger charge is 2.05. The molecule has 0 aliphatic carbocycles. The van der Waals surface area contributed by atoms with Gasteiger partial charge in [-0.25, -0.2) is 4.39 Å². The summed E-state index contributed by atoms with van der Waals surface area (Å²) in [4.78, 5) is 3.33. The summed E-state index contributed by atoms with van der Waals surface area (Å²) in [7, 11) is 0. The monoisotopic (exact) mass is 346 g/mol. The van der Waals surface area contributed by atoms with Gasteiger partial charge in [0.1, 0.15) is 12.4 Å². The molecule has 2 aromatic carbocycles. The molecule has 0 amide bonds. The number of aromatic amines is 1. The molecule has 0 saturated carbocycles. The van der Waals surface area contributed by atoms with Crippen LogP contribution in [0.2, 0.25) is 0 Å². The van der Waals surface area contributed by atoms with Crippen LogP contribution in [0.1, 0.15) is 6.42 Å². The lowest BCUT2D eigenvalue weighted by molar-refractivity contribution is 0.0428. The molecule has 0 bridgehead atoms. The molecule has 6 heteroatoms. The molecule has 1 aromatic heterocycles. The SMILES string of the molecule is Oc1ccc2c(c1)[nH]c1cc(NCCCOCCOCCF)ccc12. The van der Waals surface area contributed by atoms with E-state index in [2.05, 4.69) is 22.4 Å². The highest BCUT2D eigenvalue weighted by Crippen LogP contribution is 2.29. The predicted molar refractivity (Wildman–Crippen MR) is 98.2 cm³/mol. The predicted octanol–water partition coefficient (Wildman–Crippen LogP) is 3.83. The normalized spacial score (nSPS) is 11.4. The van der Waals surface area contributed by atoms with Gasteiger partial charge in [0.15, 0.2) is 0 Å². The molecule has 3 rings (SSSR count). The van der Waals surface area contributed by atoms with Crippen LogP contribution in [0, 0.1) is 0 Å². The molecule has 0 unspecified atom stereocenters. The average Bonchev–Trinajstić information content (AvgIpc) is 2.96. The van der Waals surface area contributed by atoms with E-state index >= 15 is 0 Å². The Hall–Kier alpha value is -2.31. The van der Waals surface area contributed by atoms with Gasteiger partial charge in [-0.05, 0) is 30.7 Å². The average molecular weight is 346 g/mol. The van der Waals surface area contributed by atoms with Crippen LogP contribution in [-0.2, 0) is 9.47 Å². The number of nitrogens with one attached hydrogen (secondary N) is 2. The van der Waals surface area contributed by atoms with Crippen molar-refractivity contribution >= 4 is 27.5 Å². The number of benzene rings is 2. The highest BCUT2D eigenvalue weighted by atomic mass is 19.1. The van der Waals surface area contributed by atoms with Crippen LogP contribution in [0.25, 0.3) is 21.8 Å². The van der Waals surface area contributed by atoms with Crippen LogP contribution in [0.5, 0.6) is 5.75 Å². The second-order valence-corrected chi connectivity index (χ2v) is 5.81. The van der Waals surface area contributed by atoms with Crippen molar-refractivity contribution in [3.63, 3.8) is 0 Å². The van der Waals surface area contributed by atoms with Crippen molar-refractivity contribution in [1.82, 2.24) is 4.98 Å².